The first kappa shape index (κ1) is 17.9. The van der Waals surface area contributed by atoms with Crippen LogP contribution in [-0.4, -0.2) is 18.4 Å². The summed E-state index contributed by atoms with van der Waals surface area (Å²) < 4.78 is 0. The molecule has 0 aromatic heterocycles. The molecule has 2 aromatic carbocycles. The number of halogens is 2. The van der Waals surface area contributed by atoms with Gasteiger partial charge in [0.25, 0.3) is 5.91 Å². The number of carbonyl (C=O) groups excluding carboxylic acids is 2. The molecule has 4 nitrogen and oxygen atoms in total. The van der Waals surface area contributed by atoms with Crippen LogP contribution in [0.15, 0.2) is 42.5 Å². The zero-order valence-electron chi connectivity index (χ0n) is 12.8. The van der Waals surface area contributed by atoms with Crippen molar-refractivity contribution in [1.29, 1.82) is 0 Å². The Bertz CT molecular complexity index is 821. The lowest BCUT2D eigenvalue weighted by molar-refractivity contribution is -0.114. The van der Waals surface area contributed by atoms with Gasteiger partial charge in [-0.05, 0) is 42.5 Å². The monoisotopic (exact) mass is 360 g/mol. The highest BCUT2D eigenvalue weighted by Crippen LogP contribution is 2.20. The number of hydrogen-bond donors (Lipinski definition) is 2. The number of anilines is 1. The van der Waals surface area contributed by atoms with Crippen molar-refractivity contribution in [1.82, 2.24) is 5.32 Å². The summed E-state index contributed by atoms with van der Waals surface area (Å²) in [5, 5.41) is 6.11. The summed E-state index contributed by atoms with van der Waals surface area (Å²) in [4.78, 5) is 23.0. The van der Waals surface area contributed by atoms with E-state index in [9.17, 15) is 9.59 Å². The van der Waals surface area contributed by atoms with Gasteiger partial charge in [-0.3, -0.25) is 9.59 Å². The first-order chi connectivity index (χ1) is 11.5. The molecule has 0 aliphatic rings. The summed E-state index contributed by atoms with van der Waals surface area (Å²) in [6, 6.07) is 11.8. The van der Waals surface area contributed by atoms with Crippen LogP contribution < -0.4 is 10.6 Å². The van der Waals surface area contributed by atoms with Gasteiger partial charge in [-0.2, -0.15) is 0 Å². The summed E-state index contributed by atoms with van der Waals surface area (Å²) in [7, 11) is 0. The third kappa shape index (κ3) is 5.31. The Morgan fingerprint density at radius 1 is 1.08 bits per heavy atom. The lowest BCUT2D eigenvalue weighted by Gasteiger charge is -2.04. The number of carbonyl (C=O) groups is 2. The number of rotatable bonds is 3. The predicted molar refractivity (Wildman–Crippen MR) is 96.4 cm³/mol. The van der Waals surface area contributed by atoms with E-state index in [0.717, 1.165) is 5.56 Å². The Labute approximate surface area is 150 Å². The van der Waals surface area contributed by atoms with Crippen LogP contribution in [-0.2, 0) is 4.79 Å². The fraction of sp³-hybridized carbons (Fsp3) is 0.111. The summed E-state index contributed by atoms with van der Waals surface area (Å²) in [6.07, 6.45) is 0. The van der Waals surface area contributed by atoms with Gasteiger partial charge in [0.2, 0.25) is 5.91 Å². The van der Waals surface area contributed by atoms with E-state index in [1.165, 1.54) is 13.0 Å². The minimum Gasteiger partial charge on any atom is -0.341 e. The largest absolute Gasteiger partial charge is 0.341 e. The quantitative estimate of drug-likeness (QED) is 0.819. The van der Waals surface area contributed by atoms with Crippen molar-refractivity contribution in [3.8, 4) is 11.8 Å². The third-order valence-corrected chi connectivity index (χ3v) is 3.51. The number of amides is 2. The van der Waals surface area contributed by atoms with Gasteiger partial charge in [-0.1, -0.05) is 35.0 Å². The minimum atomic E-state index is -0.335. The molecule has 0 saturated carbocycles. The molecule has 2 aromatic rings. The molecule has 0 heterocycles. The van der Waals surface area contributed by atoms with Crippen molar-refractivity contribution in [2.24, 2.45) is 0 Å². The zero-order chi connectivity index (χ0) is 17.5. The molecule has 122 valence electrons. The Hall–Kier alpha value is -2.48. The molecule has 0 spiro atoms. The van der Waals surface area contributed by atoms with E-state index < -0.39 is 0 Å². The van der Waals surface area contributed by atoms with Crippen LogP contribution in [0.25, 0.3) is 0 Å². The first-order valence-corrected chi connectivity index (χ1v) is 7.81. The van der Waals surface area contributed by atoms with E-state index in [4.69, 9.17) is 23.2 Å². The van der Waals surface area contributed by atoms with Crippen LogP contribution in [0.2, 0.25) is 10.0 Å². The molecule has 0 radical (unpaired) electrons. The van der Waals surface area contributed by atoms with Crippen molar-refractivity contribution >= 4 is 40.7 Å². The SMILES string of the molecule is CC(=O)Nc1ccc(C#CCNC(=O)c2cc(Cl)ccc2Cl)cc1. The van der Waals surface area contributed by atoms with Gasteiger partial charge in [0.05, 0.1) is 17.1 Å². The first-order valence-electron chi connectivity index (χ1n) is 7.05. The third-order valence-electron chi connectivity index (χ3n) is 2.95. The fourth-order valence-corrected chi connectivity index (χ4v) is 2.25. The lowest BCUT2D eigenvalue weighted by Crippen LogP contribution is -2.23. The van der Waals surface area contributed by atoms with Crippen LogP contribution in [0.3, 0.4) is 0 Å². The van der Waals surface area contributed by atoms with Gasteiger partial charge in [-0.25, -0.2) is 0 Å². The van der Waals surface area contributed by atoms with Crippen molar-refractivity contribution in [3.63, 3.8) is 0 Å². The summed E-state index contributed by atoms with van der Waals surface area (Å²) in [5.74, 6) is 5.31. The topological polar surface area (TPSA) is 58.2 Å². The van der Waals surface area contributed by atoms with Gasteiger partial charge >= 0.3 is 0 Å². The van der Waals surface area contributed by atoms with Gasteiger partial charge < -0.3 is 10.6 Å². The van der Waals surface area contributed by atoms with Crippen LogP contribution >= 0.6 is 23.2 Å². The van der Waals surface area contributed by atoms with Crippen LogP contribution in [0, 0.1) is 11.8 Å². The Balaban J connectivity index is 1.92. The van der Waals surface area contributed by atoms with E-state index in [1.807, 2.05) is 0 Å². The second kappa shape index (κ2) is 8.39. The zero-order valence-corrected chi connectivity index (χ0v) is 14.3. The Morgan fingerprint density at radius 2 is 1.79 bits per heavy atom. The fourth-order valence-electron chi connectivity index (χ4n) is 1.88. The molecule has 0 aliphatic carbocycles. The standard InChI is InChI=1S/C18H14Cl2N2O2/c1-12(23)22-15-7-4-13(5-8-15)3-2-10-21-18(24)16-11-14(19)6-9-17(16)20/h4-9,11H,10H2,1H3,(H,21,24)(H,22,23). The molecule has 0 saturated heterocycles. The van der Waals surface area contributed by atoms with Gasteiger partial charge in [0, 0.05) is 23.2 Å². The van der Waals surface area contributed by atoms with Crippen LogP contribution in [0.1, 0.15) is 22.8 Å². The predicted octanol–water partition coefficient (Wildman–Crippen LogP) is 3.73. The van der Waals surface area contributed by atoms with Gasteiger partial charge in [0.15, 0.2) is 0 Å². The summed E-state index contributed by atoms with van der Waals surface area (Å²) in [5.41, 5.74) is 1.79. The number of hydrogen-bond acceptors (Lipinski definition) is 2. The van der Waals surface area contributed by atoms with Crippen molar-refractivity contribution < 1.29 is 9.59 Å². The van der Waals surface area contributed by atoms with E-state index >= 15 is 0 Å². The van der Waals surface area contributed by atoms with Crippen LogP contribution in [0.4, 0.5) is 5.69 Å². The second-order valence-corrected chi connectivity index (χ2v) is 5.71. The molecule has 0 aliphatic heterocycles. The van der Waals surface area contributed by atoms with E-state index in [1.54, 1.807) is 36.4 Å². The van der Waals surface area contributed by atoms with E-state index in [0.29, 0.717) is 21.3 Å². The molecule has 24 heavy (non-hydrogen) atoms. The molecule has 0 unspecified atom stereocenters. The molecule has 2 rings (SSSR count). The summed E-state index contributed by atoms with van der Waals surface area (Å²) in [6.45, 7) is 1.62. The smallest absolute Gasteiger partial charge is 0.253 e. The molecule has 0 atom stereocenters. The molecular weight excluding hydrogens is 347 g/mol. The number of benzene rings is 2. The molecular formula is C18H14Cl2N2O2. The molecule has 6 heteroatoms. The average Bonchev–Trinajstić information content (AvgIpc) is 2.54. The van der Waals surface area contributed by atoms with Crippen molar-refractivity contribution in [3.05, 3.63) is 63.6 Å². The minimum absolute atomic E-state index is 0.128. The Morgan fingerprint density at radius 3 is 2.46 bits per heavy atom. The highest BCUT2D eigenvalue weighted by atomic mass is 35.5. The number of nitrogens with one attached hydrogen (secondary N) is 2. The second-order valence-electron chi connectivity index (χ2n) is 4.87. The van der Waals surface area contributed by atoms with Gasteiger partial charge in [-0.15, -0.1) is 0 Å². The molecule has 0 bridgehead atoms. The van der Waals surface area contributed by atoms with Gasteiger partial charge in [0.1, 0.15) is 0 Å². The summed E-state index contributed by atoms with van der Waals surface area (Å²) >= 11 is 11.8. The maximum absolute atomic E-state index is 12.0. The Kier molecular flexibility index (Phi) is 6.25. The molecule has 2 N–H and O–H groups in total. The van der Waals surface area contributed by atoms with E-state index in [2.05, 4.69) is 22.5 Å². The highest BCUT2D eigenvalue weighted by molar-refractivity contribution is 6.35. The average molecular weight is 361 g/mol. The molecule has 2 amide bonds. The van der Waals surface area contributed by atoms with Crippen molar-refractivity contribution in [2.75, 3.05) is 11.9 Å². The maximum atomic E-state index is 12.0. The van der Waals surface area contributed by atoms with Crippen LogP contribution in [0.5, 0.6) is 0 Å². The van der Waals surface area contributed by atoms with Crippen molar-refractivity contribution in [2.45, 2.75) is 6.92 Å². The van der Waals surface area contributed by atoms with E-state index in [-0.39, 0.29) is 18.4 Å². The molecule has 0 fully saturated rings. The normalized spacial score (nSPS) is 9.62. The lowest BCUT2D eigenvalue weighted by atomic mass is 10.2. The highest BCUT2D eigenvalue weighted by Gasteiger charge is 2.09. The maximum Gasteiger partial charge on any atom is 0.253 e.